The third-order valence-electron chi connectivity index (χ3n) is 4.26. The van der Waals surface area contributed by atoms with Crippen LogP contribution in [0.3, 0.4) is 0 Å². The molecule has 0 bridgehead atoms. The molecular weight excluding hydrogens is 350 g/mol. The fourth-order valence-corrected chi connectivity index (χ4v) is 2.79. The van der Waals surface area contributed by atoms with Crippen molar-refractivity contribution in [3.8, 4) is 0 Å². The van der Waals surface area contributed by atoms with Gasteiger partial charge in [0.15, 0.2) is 0 Å². The molecule has 1 amide bonds. The van der Waals surface area contributed by atoms with Crippen LogP contribution in [0.25, 0.3) is 22.1 Å². The molecule has 10 heteroatoms. The van der Waals surface area contributed by atoms with Crippen molar-refractivity contribution in [2.75, 3.05) is 5.73 Å². The topological polar surface area (TPSA) is 147 Å². The number of anilines is 1. The number of nitrogens with two attached hydrogens (primary N) is 1. The Kier molecular flexibility index (Phi) is 3.89. The molecule has 0 saturated carbocycles. The minimum atomic E-state index is -0.561. The fraction of sp³-hybridized carbons (Fsp3) is 0.176. The first-order valence-corrected chi connectivity index (χ1v) is 8.26. The number of amides is 1. The van der Waals surface area contributed by atoms with Crippen LogP contribution in [0.2, 0.25) is 0 Å². The lowest BCUT2D eigenvalue weighted by atomic mass is 10.0. The van der Waals surface area contributed by atoms with Gasteiger partial charge in [-0.1, -0.05) is 19.9 Å². The van der Waals surface area contributed by atoms with Gasteiger partial charge in [-0.25, -0.2) is 5.53 Å². The van der Waals surface area contributed by atoms with Crippen LogP contribution < -0.4 is 33.0 Å². The minimum absolute atomic E-state index is 0.0468. The number of pyridine rings is 1. The molecule has 0 saturated heterocycles. The number of nitrogen functional groups attached to an aromatic ring is 1. The van der Waals surface area contributed by atoms with Gasteiger partial charge in [-0.2, -0.15) is 4.98 Å². The standard InChI is InChI=1S/C17H17N7O3/c1-7(2)8-3-4-12-9(5-8)13(25)10-6-11(14(18)19-16(10)27-12)15(26)20-17-21-23-24-22-17/h3-7,23-24H,1-2H3,(H2,18,19)(H2,20,21,22,26). The fourth-order valence-electron chi connectivity index (χ4n) is 2.79. The Morgan fingerprint density at radius 3 is 2.78 bits per heavy atom. The van der Waals surface area contributed by atoms with E-state index in [-0.39, 0.29) is 39.8 Å². The number of nitrogens with zero attached hydrogens (tertiary/aromatic N) is 2. The first-order chi connectivity index (χ1) is 12.9. The minimum Gasteiger partial charge on any atom is -0.437 e. The molecule has 3 aromatic rings. The van der Waals surface area contributed by atoms with E-state index in [0.717, 1.165) is 5.56 Å². The molecule has 0 aliphatic carbocycles. The second-order valence-electron chi connectivity index (χ2n) is 6.39. The van der Waals surface area contributed by atoms with Gasteiger partial charge in [0.1, 0.15) is 11.4 Å². The molecule has 138 valence electrons. The molecule has 1 aliphatic rings. The predicted molar refractivity (Wildman–Crippen MR) is 101 cm³/mol. The van der Waals surface area contributed by atoms with Gasteiger partial charge in [-0.15, -0.1) is 10.6 Å². The number of fused-ring (bicyclic) bond motifs is 2. The van der Waals surface area contributed by atoms with Gasteiger partial charge in [0.2, 0.25) is 17.1 Å². The Balaban J connectivity index is 1.86. The van der Waals surface area contributed by atoms with Crippen LogP contribution in [0.5, 0.6) is 0 Å². The maximum atomic E-state index is 13.0. The molecule has 0 unspecified atom stereocenters. The van der Waals surface area contributed by atoms with Crippen LogP contribution in [0.1, 0.15) is 35.7 Å². The smallest absolute Gasteiger partial charge is 0.261 e. The summed E-state index contributed by atoms with van der Waals surface area (Å²) in [7, 11) is 0. The van der Waals surface area contributed by atoms with E-state index in [9.17, 15) is 9.59 Å². The van der Waals surface area contributed by atoms with Crippen molar-refractivity contribution in [2.45, 2.75) is 19.8 Å². The Morgan fingerprint density at radius 2 is 2.07 bits per heavy atom. The lowest BCUT2D eigenvalue weighted by molar-refractivity contribution is 0.0976. The average Bonchev–Trinajstić information content (AvgIpc) is 3.14. The number of guanidine groups is 1. The van der Waals surface area contributed by atoms with E-state index >= 15 is 0 Å². The van der Waals surface area contributed by atoms with Crippen molar-refractivity contribution in [2.24, 2.45) is 5.10 Å². The lowest BCUT2D eigenvalue weighted by Gasteiger charge is -2.09. The summed E-state index contributed by atoms with van der Waals surface area (Å²) in [6.07, 6.45) is 0. The van der Waals surface area contributed by atoms with E-state index in [1.807, 2.05) is 19.9 Å². The molecule has 2 aromatic heterocycles. The molecule has 27 heavy (non-hydrogen) atoms. The van der Waals surface area contributed by atoms with Crippen molar-refractivity contribution >= 4 is 39.8 Å². The molecule has 1 aliphatic heterocycles. The SMILES string of the molecule is CC(C)c1ccc2oc3nc(N)c(C(=O)NC4=NNNN4)cc3c(=O)c2c1. The molecule has 0 spiro atoms. The van der Waals surface area contributed by atoms with E-state index < -0.39 is 5.91 Å². The maximum Gasteiger partial charge on any atom is 0.261 e. The first-order valence-electron chi connectivity index (χ1n) is 8.26. The van der Waals surface area contributed by atoms with Gasteiger partial charge in [-0.05, 0) is 29.7 Å². The molecule has 0 atom stereocenters. The van der Waals surface area contributed by atoms with Crippen LogP contribution >= 0.6 is 0 Å². The van der Waals surface area contributed by atoms with Crippen LogP contribution in [-0.2, 0) is 0 Å². The Bertz CT molecular complexity index is 1170. The lowest BCUT2D eigenvalue weighted by Crippen LogP contribution is -2.43. The molecule has 6 N–H and O–H groups in total. The normalized spacial score (nSPS) is 13.5. The van der Waals surface area contributed by atoms with Crippen LogP contribution in [0.15, 0.2) is 38.6 Å². The van der Waals surface area contributed by atoms with Crippen molar-refractivity contribution in [3.05, 3.63) is 45.6 Å². The van der Waals surface area contributed by atoms with Gasteiger partial charge >= 0.3 is 0 Å². The van der Waals surface area contributed by atoms with Crippen molar-refractivity contribution in [1.82, 2.24) is 26.8 Å². The number of hydrogen-bond acceptors (Lipinski definition) is 9. The largest absolute Gasteiger partial charge is 0.437 e. The molecule has 3 heterocycles. The van der Waals surface area contributed by atoms with Crippen molar-refractivity contribution in [1.29, 1.82) is 0 Å². The predicted octanol–water partition coefficient (Wildman–Crippen LogP) is 0.660. The highest BCUT2D eigenvalue weighted by Crippen LogP contribution is 2.24. The molecule has 0 radical (unpaired) electrons. The van der Waals surface area contributed by atoms with E-state index in [2.05, 4.69) is 31.9 Å². The van der Waals surface area contributed by atoms with Gasteiger partial charge in [-0.3, -0.25) is 20.3 Å². The molecular formula is C17H17N7O3. The highest BCUT2D eigenvalue weighted by Gasteiger charge is 2.19. The van der Waals surface area contributed by atoms with Gasteiger partial charge in [0, 0.05) is 0 Å². The van der Waals surface area contributed by atoms with E-state index in [1.54, 1.807) is 12.1 Å². The number of benzene rings is 1. The maximum absolute atomic E-state index is 13.0. The zero-order valence-electron chi connectivity index (χ0n) is 14.6. The van der Waals surface area contributed by atoms with Crippen molar-refractivity contribution in [3.63, 3.8) is 0 Å². The third-order valence-corrected chi connectivity index (χ3v) is 4.26. The van der Waals surface area contributed by atoms with E-state index in [1.165, 1.54) is 6.07 Å². The molecule has 10 nitrogen and oxygen atoms in total. The Hall–Kier alpha value is -3.66. The number of nitrogens with one attached hydrogen (secondary N) is 4. The van der Waals surface area contributed by atoms with Gasteiger partial charge in [0.05, 0.1) is 16.3 Å². The zero-order chi connectivity index (χ0) is 19.1. The highest BCUT2D eigenvalue weighted by atomic mass is 16.3. The first kappa shape index (κ1) is 16.8. The summed E-state index contributed by atoms with van der Waals surface area (Å²) in [6.45, 7) is 4.08. The number of aromatic nitrogens is 1. The summed E-state index contributed by atoms with van der Waals surface area (Å²) in [5, 5.41) is 6.87. The Labute approximate surface area is 152 Å². The number of carbonyl (C=O) groups excluding carboxylic acids is 1. The quantitative estimate of drug-likeness (QED) is 0.415. The third kappa shape index (κ3) is 2.91. The summed E-state index contributed by atoms with van der Waals surface area (Å²) in [5.74, 6) is -0.196. The number of carbonyl (C=O) groups is 1. The summed E-state index contributed by atoms with van der Waals surface area (Å²) in [5.41, 5.74) is 14.7. The molecule has 1 aromatic carbocycles. The van der Waals surface area contributed by atoms with Crippen LogP contribution in [0.4, 0.5) is 5.82 Å². The zero-order valence-corrected chi connectivity index (χ0v) is 14.6. The number of hydrazone groups is 1. The summed E-state index contributed by atoms with van der Waals surface area (Å²) in [6, 6.07) is 6.84. The second kappa shape index (κ2) is 6.25. The average molecular weight is 367 g/mol. The van der Waals surface area contributed by atoms with Crippen molar-refractivity contribution < 1.29 is 9.21 Å². The van der Waals surface area contributed by atoms with Gasteiger partial charge < -0.3 is 10.2 Å². The monoisotopic (exact) mass is 367 g/mol. The van der Waals surface area contributed by atoms with E-state index in [4.69, 9.17) is 10.2 Å². The number of hydrazine groups is 2. The Morgan fingerprint density at radius 1 is 1.26 bits per heavy atom. The highest BCUT2D eigenvalue weighted by molar-refractivity contribution is 6.09. The van der Waals surface area contributed by atoms with E-state index in [0.29, 0.717) is 11.0 Å². The molecule has 4 rings (SSSR count). The summed E-state index contributed by atoms with van der Waals surface area (Å²) < 4.78 is 5.73. The second-order valence-corrected chi connectivity index (χ2v) is 6.39. The van der Waals surface area contributed by atoms with Crippen LogP contribution in [-0.4, -0.2) is 16.9 Å². The summed E-state index contributed by atoms with van der Waals surface area (Å²) in [4.78, 5) is 29.5. The number of rotatable bonds is 2. The summed E-state index contributed by atoms with van der Waals surface area (Å²) >= 11 is 0. The van der Waals surface area contributed by atoms with Gasteiger partial charge in [0.25, 0.3) is 5.91 Å². The van der Waals surface area contributed by atoms with Crippen LogP contribution in [0, 0.1) is 0 Å². The number of hydrogen-bond donors (Lipinski definition) is 5. The molecule has 0 fully saturated rings.